The van der Waals surface area contributed by atoms with Crippen molar-refractivity contribution in [3.63, 3.8) is 0 Å². The molecule has 140 valence electrons. The normalized spacial score (nSPS) is 15.6. The van der Waals surface area contributed by atoms with Crippen LogP contribution in [0.1, 0.15) is 19.8 Å². The van der Waals surface area contributed by atoms with Crippen LogP contribution in [0, 0.1) is 17.2 Å². The van der Waals surface area contributed by atoms with Gasteiger partial charge in [-0.25, -0.2) is 0 Å². The fourth-order valence-electron chi connectivity index (χ4n) is 2.91. The monoisotopic (exact) mass is 402 g/mol. The standard InChI is InChI=1S/C20H19ClN2O3S/c1-20(12-22,14-8-9-14)23-17(24)10-26-18(25)11-27-16-7-3-5-13-4-2-6-15(21)19(13)16/h2-7,14H,8-11H2,1H3,(H,23,24)/t20-/m1/s1. The lowest BCUT2D eigenvalue weighted by atomic mass is 9.98. The van der Waals surface area contributed by atoms with E-state index < -0.39 is 17.4 Å². The fraction of sp³-hybridized carbons (Fsp3) is 0.350. The van der Waals surface area contributed by atoms with Crippen LogP contribution in [-0.2, 0) is 14.3 Å². The predicted molar refractivity (Wildman–Crippen MR) is 106 cm³/mol. The number of esters is 1. The van der Waals surface area contributed by atoms with Gasteiger partial charge in [0, 0.05) is 15.3 Å². The van der Waals surface area contributed by atoms with Gasteiger partial charge in [-0.2, -0.15) is 5.26 Å². The molecule has 27 heavy (non-hydrogen) atoms. The molecular weight excluding hydrogens is 384 g/mol. The number of nitrogens with one attached hydrogen (secondary N) is 1. The molecular formula is C20H19ClN2O3S. The van der Waals surface area contributed by atoms with E-state index in [-0.39, 0.29) is 18.3 Å². The molecule has 5 nitrogen and oxygen atoms in total. The number of nitriles is 1. The molecule has 0 bridgehead atoms. The van der Waals surface area contributed by atoms with Crippen LogP contribution in [0.4, 0.5) is 0 Å². The Bertz CT molecular complexity index is 918. The van der Waals surface area contributed by atoms with Gasteiger partial charge >= 0.3 is 5.97 Å². The van der Waals surface area contributed by atoms with Gasteiger partial charge in [0.25, 0.3) is 5.91 Å². The zero-order valence-electron chi connectivity index (χ0n) is 14.8. The highest BCUT2D eigenvalue weighted by molar-refractivity contribution is 8.00. The van der Waals surface area contributed by atoms with Crippen molar-refractivity contribution in [2.75, 3.05) is 12.4 Å². The van der Waals surface area contributed by atoms with Crippen LogP contribution in [-0.4, -0.2) is 29.8 Å². The Labute approximate surface area is 167 Å². The maximum Gasteiger partial charge on any atom is 0.316 e. The zero-order chi connectivity index (χ0) is 19.4. The molecule has 2 aromatic carbocycles. The number of amides is 1. The van der Waals surface area contributed by atoms with Crippen molar-refractivity contribution in [2.45, 2.75) is 30.2 Å². The summed E-state index contributed by atoms with van der Waals surface area (Å²) in [5.74, 6) is -0.717. The highest BCUT2D eigenvalue weighted by Crippen LogP contribution is 2.39. The van der Waals surface area contributed by atoms with E-state index in [2.05, 4.69) is 11.4 Å². The Morgan fingerprint density at radius 3 is 2.70 bits per heavy atom. The van der Waals surface area contributed by atoms with Crippen LogP contribution < -0.4 is 5.32 Å². The fourth-order valence-corrected chi connectivity index (χ4v) is 4.16. The molecule has 1 amide bonds. The molecule has 0 radical (unpaired) electrons. The average molecular weight is 403 g/mol. The topological polar surface area (TPSA) is 79.2 Å². The number of benzene rings is 2. The summed E-state index contributed by atoms with van der Waals surface area (Å²) in [5, 5.41) is 14.4. The Hall–Kier alpha value is -2.23. The third-order valence-electron chi connectivity index (χ3n) is 4.55. The Kier molecular flexibility index (Phi) is 5.93. The van der Waals surface area contributed by atoms with Gasteiger partial charge in [0.15, 0.2) is 6.61 Å². The number of ether oxygens (including phenoxy) is 1. The lowest BCUT2D eigenvalue weighted by Gasteiger charge is -2.22. The van der Waals surface area contributed by atoms with Gasteiger partial charge in [0.2, 0.25) is 0 Å². The number of hydrogen-bond donors (Lipinski definition) is 1. The molecule has 1 fully saturated rings. The van der Waals surface area contributed by atoms with E-state index in [4.69, 9.17) is 16.3 Å². The Balaban J connectivity index is 1.52. The van der Waals surface area contributed by atoms with E-state index in [1.165, 1.54) is 11.8 Å². The maximum atomic E-state index is 12.0. The summed E-state index contributed by atoms with van der Waals surface area (Å²) in [6.45, 7) is 1.31. The molecule has 0 saturated heterocycles. The molecule has 1 saturated carbocycles. The molecule has 0 aliphatic heterocycles. The highest BCUT2D eigenvalue weighted by Gasteiger charge is 2.43. The zero-order valence-corrected chi connectivity index (χ0v) is 16.4. The molecule has 7 heteroatoms. The molecule has 1 aliphatic rings. The molecule has 3 rings (SSSR count). The predicted octanol–water partition coefficient (Wildman–Crippen LogP) is 3.94. The van der Waals surface area contributed by atoms with Crippen LogP contribution in [0.2, 0.25) is 5.02 Å². The molecule has 0 spiro atoms. The van der Waals surface area contributed by atoms with E-state index in [1.54, 1.807) is 6.92 Å². The average Bonchev–Trinajstić information content (AvgIpc) is 3.50. The molecule has 2 aromatic rings. The van der Waals surface area contributed by atoms with Gasteiger partial charge in [-0.05, 0) is 43.2 Å². The Morgan fingerprint density at radius 2 is 2.04 bits per heavy atom. The first-order chi connectivity index (χ1) is 12.9. The SMILES string of the molecule is C[C@](C#N)(NC(=O)COC(=O)CSc1cccc2cccc(Cl)c12)C1CC1. The van der Waals surface area contributed by atoms with E-state index in [9.17, 15) is 14.9 Å². The highest BCUT2D eigenvalue weighted by atomic mass is 35.5. The minimum atomic E-state index is -0.891. The number of carbonyl (C=O) groups excluding carboxylic acids is 2. The number of thioether (sulfide) groups is 1. The minimum Gasteiger partial charge on any atom is -0.455 e. The van der Waals surface area contributed by atoms with Gasteiger partial charge in [-0.15, -0.1) is 11.8 Å². The molecule has 0 aromatic heterocycles. The molecule has 1 atom stereocenters. The van der Waals surface area contributed by atoms with E-state index in [0.29, 0.717) is 5.02 Å². The van der Waals surface area contributed by atoms with Crippen molar-refractivity contribution < 1.29 is 14.3 Å². The van der Waals surface area contributed by atoms with Gasteiger partial charge in [-0.3, -0.25) is 9.59 Å². The summed E-state index contributed by atoms with van der Waals surface area (Å²) in [5.41, 5.74) is -0.891. The minimum absolute atomic E-state index is 0.0652. The summed E-state index contributed by atoms with van der Waals surface area (Å²) >= 11 is 7.59. The number of fused-ring (bicyclic) bond motifs is 1. The van der Waals surface area contributed by atoms with Gasteiger partial charge in [0.05, 0.1) is 11.8 Å². The lowest BCUT2D eigenvalue weighted by molar-refractivity contribution is -0.146. The van der Waals surface area contributed by atoms with E-state index in [1.807, 2.05) is 36.4 Å². The molecule has 0 unspecified atom stereocenters. The second kappa shape index (κ2) is 8.20. The van der Waals surface area contributed by atoms with E-state index in [0.717, 1.165) is 28.5 Å². The first kappa shape index (κ1) is 19.5. The van der Waals surface area contributed by atoms with Gasteiger partial charge in [0.1, 0.15) is 5.54 Å². The summed E-state index contributed by atoms with van der Waals surface area (Å²) < 4.78 is 5.04. The van der Waals surface area contributed by atoms with Crippen molar-refractivity contribution in [1.82, 2.24) is 5.32 Å². The first-order valence-corrected chi connectivity index (χ1v) is 9.97. The summed E-state index contributed by atoms with van der Waals surface area (Å²) in [7, 11) is 0. The van der Waals surface area contributed by atoms with Crippen LogP contribution >= 0.6 is 23.4 Å². The number of carbonyl (C=O) groups is 2. The van der Waals surface area contributed by atoms with Crippen molar-refractivity contribution in [1.29, 1.82) is 5.26 Å². The van der Waals surface area contributed by atoms with Crippen molar-refractivity contribution >= 4 is 46.0 Å². The third-order valence-corrected chi connectivity index (χ3v) is 5.90. The van der Waals surface area contributed by atoms with Gasteiger partial charge < -0.3 is 10.1 Å². The molecule has 1 aliphatic carbocycles. The van der Waals surface area contributed by atoms with Crippen LogP contribution in [0.15, 0.2) is 41.3 Å². The number of hydrogen-bond acceptors (Lipinski definition) is 5. The summed E-state index contributed by atoms with van der Waals surface area (Å²) in [6.07, 6.45) is 1.85. The number of halogens is 1. The number of rotatable bonds is 7. The van der Waals surface area contributed by atoms with Gasteiger partial charge in [-0.1, -0.05) is 35.9 Å². The van der Waals surface area contributed by atoms with Crippen molar-refractivity contribution in [3.05, 3.63) is 41.4 Å². The molecule has 0 heterocycles. The molecule has 1 N–H and O–H groups in total. The third kappa shape index (κ3) is 4.74. The second-order valence-electron chi connectivity index (χ2n) is 6.68. The second-order valence-corrected chi connectivity index (χ2v) is 8.10. The summed E-state index contributed by atoms with van der Waals surface area (Å²) in [6, 6.07) is 13.5. The van der Waals surface area contributed by atoms with Crippen molar-refractivity contribution in [2.24, 2.45) is 5.92 Å². The quantitative estimate of drug-likeness (QED) is 0.560. The Morgan fingerprint density at radius 1 is 1.33 bits per heavy atom. The largest absolute Gasteiger partial charge is 0.455 e. The maximum absolute atomic E-state index is 12.0. The smallest absolute Gasteiger partial charge is 0.316 e. The van der Waals surface area contributed by atoms with Crippen LogP contribution in [0.25, 0.3) is 10.8 Å². The first-order valence-electron chi connectivity index (χ1n) is 8.61. The lowest BCUT2D eigenvalue weighted by Crippen LogP contribution is -2.48. The number of nitrogens with zero attached hydrogens (tertiary/aromatic N) is 1. The van der Waals surface area contributed by atoms with E-state index >= 15 is 0 Å². The van der Waals surface area contributed by atoms with Crippen LogP contribution in [0.5, 0.6) is 0 Å². The summed E-state index contributed by atoms with van der Waals surface area (Å²) in [4.78, 5) is 24.9. The van der Waals surface area contributed by atoms with Crippen LogP contribution in [0.3, 0.4) is 0 Å². The van der Waals surface area contributed by atoms with Crippen molar-refractivity contribution in [3.8, 4) is 6.07 Å².